The zero-order valence-corrected chi connectivity index (χ0v) is 13.2. The van der Waals surface area contributed by atoms with Crippen LogP contribution >= 0.6 is 15.9 Å². The standard InChI is InChI=1S/C14H19BrN4/c1-10-9-11(2)19(18-10)8-4-7-16-14-6-5-13(15)12(3)17-14/h5-6,9H,4,7-8H2,1-3H3,(H,16,17). The Morgan fingerprint density at radius 1 is 1.26 bits per heavy atom. The van der Waals surface area contributed by atoms with Crippen molar-refractivity contribution in [3.05, 3.63) is 39.8 Å². The number of pyridine rings is 1. The number of rotatable bonds is 5. The normalized spacial score (nSPS) is 10.7. The molecule has 2 heterocycles. The smallest absolute Gasteiger partial charge is 0.126 e. The van der Waals surface area contributed by atoms with Crippen LogP contribution in [0, 0.1) is 20.8 Å². The van der Waals surface area contributed by atoms with Gasteiger partial charge in [-0.25, -0.2) is 4.98 Å². The first-order valence-electron chi connectivity index (χ1n) is 6.44. The lowest BCUT2D eigenvalue weighted by atomic mass is 10.3. The van der Waals surface area contributed by atoms with Crippen molar-refractivity contribution >= 4 is 21.7 Å². The summed E-state index contributed by atoms with van der Waals surface area (Å²) in [5, 5.41) is 7.78. The summed E-state index contributed by atoms with van der Waals surface area (Å²) in [6.07, 6.45) is 1.03. The average Bonchev–Trinajstić information content (AvgIpc) is 2.68. The van der Waals surface area contributed by atoms with Crippen molar-refractivity contribution in [3.63, 3.8) is 0 Å². The first-order chi connectivity index (χ1) is 9.06. The quantitative estimate of drug-likeness (QED) is 0.857. The van der Waals surface area contributed by atoms with Gasteiger partial charge in [-0.2, -0.15) is 5.10 Å². The Bertz CT molecular complexity index is 563. The lowest BCUT2D eigenvalue weighted by Gasteiger charge is -2.08. The molecule has 0 aromatic carbocycles. The zero-order valence-electron chi connectivity index (χ0n) is 11.6. The number of anilines is 1. The lowest BCUT2D eigenvalue weighted by Crippen LogP contribution is -2.09. The fourth-order valence-electron chi connectivity index (χ4n) is 1.99. The van der Waals surface area contributed by atoms with E-state index in [1.54, 1.807) is 0 Å². The summed E-state index contributed by atoms with van der Waals surface area (Å²) in [4.78, 5) is 4.46. The van der Waals surface area contributed by atoms with Crippen LogP contribution in [0.4, 0.5) is 5.82 Å². The molecule has 5 heteroatoms. The predicted molar refractivity (Wildman–Crippen MR) is 81.5 cm³/mol. The average molecular weight is 323 g/mol. The van der Waals surface area contributed by atoms with E-state index in [9.17, 15) is 0 Å². The van der Waals surface area contributed by atoms with Crippen molar-refractivity contribution in [1.82, 2.24) is 14.8 Å². The molecule has 0 bridgehead atoms. The summed E-state index contributed by atoms with van der Waals surface area (Å²) in [6.45, 7) is 7.93. The molecule has 0 amide bonds. The summed E-state index contributed by atoms with van der Waals surface area (Å²) >= 11 is 3.45. The van der Waals surface area contributed by atoms with Crippen molar-refractivity contribution in [2.45, 2.75) is 33.7 Å². The van der Waals surface area contributed by atoms with E-state index >= 15 is 0 Å². The van der Waals surface area contributed by atoms with Gasteiger partial charge in [0.2, 0.25) is 0 Å². The van der Waals surface area contributed by atoms with Gasteiger partial charge >= 0.3 is 0 Å². The molecule has 0 aliphatic carbocycles. The molecule has 0 unspecified atom stereocenters. The lowest BCUT2D eigenvalue weighted by molar-refractivity contribution is 0.573. The van der Waals surface area contributed by atoms with Crippen LogP contribution in [-0.2, 0) is 6.54 Å². The van der Waals surface area contributed by atoms with Crippen molar-refractivity contribution in [2.75, 3.05) is 11.9 Å². The van der Waals surface area contributed by atoms with Crippen LogP contribution in [0.3, 0.4) is 0 Å². The molecule has 0 saturated heterocycles. The van der Waals surface area contributed by atoms with E-state index in [4.69, 9.17) is 0 Å². The van der Waals surface area contributed by atoms with Gasteiger partial charge in [-0.05, 0) is 61.3 Å². The molecule has 0 aliphatic heterocycles. The van der Waals surface area contributed by atoms with Gasteiger partial charge in [0.05, 0.1) is 11.4 Å². The number of hydrogen-bond acceptors (Lipinski definition) is 3. The maximum Gasteiger partial charge on any atom is 0.126 e. The predicted octanol–water partition coefficient (Wildman–Crippen LogP) is 3.47. The molecule has 0 saturated carbocycles. The number of nitrogens with zero attached hydrogens (tertiary/aromatic N) is 3. The maximum atomic E-state index is 4.46. The maximum absolute atomic E-state index is 4.46. The van der Waals surface area contributed by atoms with Gasteiger partial charge in [-0.1, -0.05) is 0 Å². The van der Waals surface area contributed by atoms with Gasteiger partial charge in [0, 0.05) is 23.3 Å². The Hall–Kier alpha value is -1.36. The van der Waals surface area contributed by atoms with Crippen molar-refractivity contribution in [3.8, 4) is 0 Å². The Balaban J connectivity index is 1.80. The molecule has 2 rings (SSSR count). The molecule has 1 N–H and O–H groups in total. The molecule has 102 valence electrons. The summed E-state index contributed by atoms with van der Waals surface area (Å²) < 4.78 is 3.10. The summed E-state index contributed by atoms with van der Waals surface area (Å²) in [6, 6.07) is 6.11. The van der Waals surface area contributed by atoms with Gasteiger partial charge < -0.3 is 5.32 Å². The zero-order chi connectivity index (χ0) is 13.8. The van der Waals surface area contributed by atoms with Crippen LogP contribution in [0.1, 0.15) is 23.5 Å². The second-order valence-electron chi connectivity index (χ2n) is 4.69. The van der Waals surface area contributed by atoms with Gasteiger partial charge in [0.25, 0.3) is 0 Å². The fraction of sp³-hybridized carbons (Fsp3) is 0.429. The van der Waals surface area contributed by atoms with Gasteiger partial charge in [-0.15, -0.1) is 0 Å². The third kappa shape index (κ3) is 3.80. The first-order valence-corrected chi connectivity index (χ1v) is 7.23. The van der Waals surface area contributed by atoms with Gasteiger partial charge in [0.15, 0.2) is 0 Å². The minimum atomic E-state index is 0.895. The van der Waals surface area contributed by atoms with E-state index in [1.807, 2.05) is 26.0 Å². The third-order valence-corrected chi connectivity index (χ3v) is 3.82. The molecule has 0 radical (unpaired) electrons. The van der Waals surface area contributed by atoms with Crippen LogP contribution in [0.5, 0.6) is 0 Å². The second kappa shape index (κ2) is 6.19. The Morgan fingerprint density at radius 3 is 2.68 bits per heavy atom. The minimum absolute atomic E-state index is 0.895. The Labute approximate surface area is 122 Å². The topological polar surface area (TPSA) is 42.7 Å². The molecule has 2 aromatic heterocycles. The van der Waals surface area contributed by atoms with Gasteiger partial charge in [0.1, 0.15) is 5.82 Å². The van der Waals surface area contributed by atoms with E-state index in [2.05, 4.69) is 49.0 Å². The highest BCUT2D eigenvalue weighted by molar-refractivity contribution is 9.10. The SMILES string of the molecule is Cc1cc(C)n(CCCNc2ccc(Br)c(C)n2)n1. The first kappa shape index (κ1) is 14.1. The monoisotopic (exact) mass is 322 g/mol. The number of halogens is 1. The largest absolute Gasteiger partial charge is 0.370 e. The molecular formula is C14H19BrN4. The van der Waals surface area contributed by atoms with E-state index in [0.717, 1.165) is 41.2 Å². The van der Waals surface area contributed by atoms with Crippen molar-refractivity contribution < 1.29 is 0 Å². The van der Waals surface area contributed by atoms with E-state index < -0.39 is 0 Å². The highest BCUT2D eigenvalue weighted by Gasteiger charge is 2.01. The second-order valence-corrected chi connectivity index (χ2v) is 5.55. The summed E-state index contributed by atoms with van der Waals surface area (Å²) in [5.41, 5.74) is 3.30. The number of aromatic nitrogens is 3. The minimum Gasteiger partial charge on any atom is -0.370 e. The van der Waals surface area contributed by atoms with E-state index in [-0.39, 0.29) is 0 Å². The highest BCUT2D eigenvalue weighted by atomic mass is 79.9. The van der Waals surface area contributed by atoms with Crippen molar-refractivity contribution in [1.29, 1.82) is 0 Å². The number of nitrogens with one attached hydrogen (secondary N) is 1. The summed E-state index contributed by atoms with van der Waals surface area (Å²) in [5.74, 6) is 0.925. The molecule has 0 aliphatic rings. The molecule has 0 spiro atoms. The van der Waals surface area contributed by atoms with Crippen LogP contribution in [0.2, 0.25) is 0 Å². The molecule has 4 nitrogen and oxygen atoms in total. The molecule has 0 fully saturated rings. The fourth-order valence-corrected chi connectivity index (χ4v) is 2.21. The van der Waals surface area contributed by atoms with Crippen LogP contribution in [0.25, 0.3) is 0 Å². The van der Waals surface area contributed by atoms with Crippen LogP contribution in [-0.4, -0.2) is 21.3 Å². The Morgan fingerprint density at radius 2 is 2.05 bits per heavy atom. The number of aryl methyl sites for hydroxylation is 4. The molecule has 2 aromatic rings. The third-order valence-electron chi connectivity index (χ3n) is 2.98. The Kier molecular flexibility index (Phi) is 4.58. The van der Waals surface area contributed by atoms with Crippen molar-refractivity contribution in [2.24, 2.45) is 0 Å². The highest BCUT2D eigenvalue weighted by Crippen LogP contribution is 2.16. The molecular weight excluding hydrogens is 304 g/mol. The van der Waals surface area contributed by atoms with E-state index in [1.165, 1.54) is 5.69 Å². The molecule has 19 heavy (non-hydrogen) atoms. The van der Waals surface area contributed by atoms with E-state index in [0.29, 0.717) is 0 Å². The van der Waals surface area contributed by atoms with Crippen LogP contribution < -0.4 is 5.32 Å². The van der Waals surface area contributed by atoms with Crippen LogP contribution in [0.15, 0.2) is 22.7 Å². The summed E-state index contributed by atoms with van der Waals surface area (Å²) in [7, 11) is 0. The molecule has 0 atom stereocenters. The number of hydrogen-bond donors (Lipinski definition) is 1. The van der Waals surface area contributed by atoms with Gasteiger partial charge in [-0.3, -0.25) is 4.68 Å².